The number of ether oxygens (including phenoxy) is 2. The fraction of sp³-hybridized carbons (Fsp3) is 0.250. The van der Waals surface area contributed by atoms with Crippen molar-refractivity contribution in [3.8, 4) is 11.5 Å². The van der Waals surface area contributed by atoms with Crippen molar-refractivity contribution in [3.05, 3.63) is 58.3 Å². The summed E-state index contributed by atoms with van der Waals surface area (Å²) >= 11 is 3.44. The summed E-state index contributed by atoms with van der Waals surface area (Å²) in [5.41, 5.74) is 0.948. The Labute approximate surface area is 132 Å². The number of nitrogens with one attached hydrogen (secondary N) is 1. The van der Waals surface area contributed by atoms with Crippen molar-refractivity contribution in [2.24, 2.45) is 0 Å². The van der Waals surface area contributed by atoms with E-state index in [1.165, 1.54) is 6.07 Å². The fourth-order valence-corrected chi connectivity index (χ4v) is 2.24. The Morgan fingerprint density at radius 2 is 1.95 bits per heavy atom. The van der Waals surface area contributed by atoms with E-state index in [0.717, 1.165) is 16.6 Å². The van der Waals surface area contributed by atoms with Gasteiger partial charge in [0.2, 0.25) is 0 Å². The summed E-state index contributed by atoms with van der Waals surface area (Å²) in [6, 6.07) is 12.0. The lowest BCUT2D eigenvalue weighted by molar-refractivity contribution is 0.199. The molecule has 0 aliphatic carbocycles. The molecule has 0 aromatic heterocycles. The molecule has 0 heterocycles. The molecule has 112 valence electrons. The predicted octanol–water partition coefficient (Wildman–Crippen LogP) is 4.12. The molecule has 0 saturated heterocycles. The van der Waals surface area contributed by atoms with Crippen LogP contribution in [0.1, 0.15) is 5.56 Å². The number of benzene rings is 2. The normalized spacial score (nSPS) is 10.6. The molecule has 5 heteroatoms. The van der Waals surface area contributed by atoms with Crippen molar-refractivity contribution < 1.29 is 13.9 Å². The number of halogens is 2. The van der Waals surface area contributed by atoms with Crippen LogP contribution in [0.4, 0.5) is 4.39 Å². The average Bonchev–Trinajstić information content (AvgIpc) is 2.48. The van der Waals surface area contributed by atoms with Gasteiger partial charge in [0.15, 0.2) is 11.6 Å². The predicted molar refractivity (Wildman–Crippen MR) is 84.2 cm³/mol. The zero-order valence-corrected chi connectivity index (χ0v) is 13.3. The van der Waals surface area contributed by atoms with Crippen molar-refractivity contribution in [2.75, 3.05) is 20.3 Å². The highest BCUT2D eigenvalue weighted by atomic mass is 79.9. The first-order valence-electron chi connectivity index (χ1n) is 6.61. The van der Waals surface area contributed by atoms with E-state index in [1.807, 2.05) is 18.2 Å². The standard InChI is InChI=1S/C16H17BrFNO2/c1-20-9-8-19-11-12-10-13(17)6-7-15(12)21-16-5-3-2-4-14(16)18/h2-7,10,19H,8-9,11H2,1H3. The van der Waals surface area contributed by atoms with Crippen LogP contribution in [0.5, 0.6) is 11.5 Å². The molecule has 2 aromatic rings. The topological polar surface area (TPSA) is 30.5 Å². The molecule has 0 radical (unpaired) electrons. The molecule has 1 N–H and O–H groups in total. The van der Waals surface area contributed by atoms with Crippen LogP contribution in [0, 0.1) is 5.82 Å². The van der Waals surface area contributed by atoms with Crippen LogP contribution in [-0.4, -0.2) is 20.3 Å². The van der Waals surface area contributed by atoms with E-state index in [9.17, 15) is 4.39 Å². The lowest BCUT2D eigenvalue weighted by Crippen LogP contribution is -2.18. The molecule has 0 saturated carbocycles. The quantitative estimate of drug-likeness (QED) is 0.759. The SMILES string of the molecule is COCCNCc1cc(Br)ccc1Oc1ccccc1F. The van der Waals surface area contributed by atoms with E-state index in [0.29, 0.717) is 18.9 Å². The fourth-order valence-electron chi connectivity index (χ4n) is 1.83. The lowest BCUT2D eigenvalue weighted by Gasteiger charge is -2.13. The average molecular weight is 354 g/mol. The molecular formula is C16H17BrFNO2. The van der Waals surface area contributed by atoms with E-state index in [-0.39, 0.29) is 11.6 Å². The minimum atomic E-state index is -0.376. The molecule has 21 heavy (non-hydrogen) atoms. The van der Waals surface area contributed by atoms with Gasteiger partial charge in [0.1, 0.15) is 5.75 Å². The van der Waals surface area contributed by atoms with E-state index in [2.05, 4.69) is 21.2 Å². The highest BCUT2D eigenvalue weighted by Gasteiger charge is 2.08. The molecule has 0 aliphatic rings. The molecule has 0 fully saturated rings. The second-order valence-electron chi connectivity index (χ2n) is 4.45. The van der Waals surface area contributed by atoms with Crippen molar-refractivity contribution in [1.29, 1.82) is 0 Å². The molecule has 0 aliphatic heterocycles. The maximum atomic E-state index is 13.7. The summed E-state index contributed by atoms with van der Waals surface area (Å²) in [5.74, 6) is 0.477. The first-order chi connectivity index (χ1) is 10.2. The molecule has 2 aromatic carbocycles. The van der Waals surface area contributed by atoms with Crippen LogP contribution in [0.3, 0.4) is 0 Å². The van der Waals surface area contributed by atoms with Crippen molar-refractivity contribution >= 4 is 15.9 Å². The Bertz CT molecular complexity index is 592. The summed E-state index contributed by atoms with van der Waals surface area (Å²) < 4.78 is 25.3. The summed E-state index contributed by atoms with van der Waals surface area (Å²) in [6.07, 6.45) is 0. The summed E-state index contributed by atoms with van der Waals surface area (Å²) in [4.78, 5) is 0. The number of rotatable bonds is 7. The van der Waals surface area contributed by atoms with E-state index in [4.69, 9.17) is 9.47 Å². The molecule has 2 rings (SSSR count). The molecule has 0 atom stereocenters. The highest BCUT2D eigenvalue weighted by Crippen LogP contribution is 2.29. The van der Waals surface area contributed by atoms with Gasteiger partial charge in [0, 0.05) is 30.2 Å². The van der Waals surface area contributed by atoms with Crippen molar-refractivity contribution in [1.82, 2.24) is 5.32 Å². The lowest BCUT2D eigenvalue weighted by atomic mass is 10.2. The van der Waals surface area contributed by atoms with E-state index >= 15 is 0 Å². The monoisotopic (exact) mass is 353 g/mol. The first kappa shape index (κ1) is 15.9. The maximum Gasteiger partial charge on any atom is 0.165 e. The molecule has 0 amide bonds. The third kappa shape index (κ3) is 4.81. The van der Waals surface area contributed by atoms with E-state index in [1.54, 1.807) is 25.3 Å². The van der Waals surface area contributed by atoms with Crippen LogP contribution in [-0.2, 0) is 11.3 Å². The number of hydrogen-bond acceptors (Lipinski definition) is 3. The van der Waals surface area contributed by atoms with Gasteiger partial charge in [-0.3, -0.25) is 0 Å². The Balaban J connectivity index is 2.13. The Morgan fingerprint density at radius 1 is 1.14 bits per heavy atom. The van der Waals surface area contributed by atoms with Gasteiger partial charge in [0.05, 0.1) is 6.61 Å². The summed E-state index contributed by atoms with van der Waals surface area (Å²) in [6.45, 7) is 1.99. The van der Waals surface area contributed by atoms with Gasteiger partial charge in [-0.1, -0.05) is 28.1 Å². The summed E-state index contributed by atoms with van der Waals surface area (Å²) in [7, 11) is 1.66. The smallest absolute Gasteiger partial charge is 0.165 e. The molecule has 0 spiro atoms. The Morgan fingerprint density at radius 3 is 2.71 bits per heavy atom. The van der Waals surface area contributed by atoms with Gasteiger partial charge >= 0.3 is 0 Å². The number of methoxy groups -OCH3 is 1. The minimum absolute atomic E-state index is 0.220. The van der Waals surface area contributed by atoms with Gasteiger partial charge in [-0.15, -0.1) is 0 Å². The number of hydrogen-bond donors (Lipinski definition) is 1. The Hall–Kier alpha value is -1.43. The number of para-hydroxylation sites is 1. The first-order valence-corrected chi connectivity index (χ1v) is 7.40. The second kappa shape index (κ2) is 8.12. The zero-order valence-electron chi connectivity index (χ0n) is 11.7. The third-order valence-corrected chi connectivity index (χ3v) is 3.37. The zero-order chi connectivity index (χ0) is 15.1. The van der Waals surface area contributed by atoms with Gasteiger partial charge in [-0.2, -0.15) is 0 Å². The molecule has 0 bridgehead atoms. The van der Waals surface area contributed by atoms with Crippen LogP contribution >= 0.6 is 15.9 Å². The van der Waals surface area contributed by atoms with Crippen LogP contribution in [0.25, 0.3) is 0 Å². The van der Waals surface area contributed by atoms with Gasteiger partial charge < -0.3 is 14.8 Å². The maximum absolute atomic E-state index is 13.7. The molecule has 3 nitrogen and oxygen atoms in total. The summed E-state index contributed by atoms with van der Waals surface area (Å²) in [5, 5.41) is 3.25. The molecular weight excluding hydrogens is 337 g/mol. The van der Waals surface area contributed by atoms with Gasteiger partial charge in [-0.25, -0.2) is 4.39 Å². The van der Waals surface area contributed by atoms with E-state index < -0.39 is 0 Å². The van der Waals surface area contributed by atoms with Crippen LogP contribution < -0.4 is 10.1 Å². The van der Waals surface area contributed by atoms with Crippen molar-refractivity contribution in [2.45, 2.75) is 6.54 Å². The van der Waals surface area contributed by atoms with Crippen LogP contribution in [0.15, 0.2) is 46.9 Å². The largest absolute Gasteiger partial charge is 0.454 e. The van der Waals surface area contributed by atoms with Crippen molar-refractivity contribution in [3.63, 3.8) is 0 Å². The van der Waals surface area contributed by atoms with Crippen LogP contribution in [0.2, 0.25) is 0 Å². The second-order valence-corrected chi connectivity index (χ2v) is 5.37. The van der Waals surface area contributed by atoms with Gasteiger partial charge in [0.25, 0.3) is 0 Å². The Kier molecular flexibility index (Phi) is 6.17. The highest BCUT2D eigenvalue weighted by molar-refractivity contribution is 9.10. The minimum Gasteiger partial charge on any atom is -0.454 e. The van der Waals surface area contributed by atoms with Gasteiger partial charge in [-0.05, 0) is 30.3 Å². The molecule has 0 unspecified atom stereocenters. The third-order valence-electron chi connectivity index (χ3n) is 2.88.